The second-order valence-electron chi connectivity index (χ2n) is 7.32. The van der Waals surface area contributed by atoms with Crippen LogP contribution in [0.4, 0.5) is 5.69 Å². The molecule has 0 atom stereocenters. The summed E-state index contributed by atoms with van der Waals surface area (Å²) in [7, 11) is 0. The average molecular weight is 411 g/mol. The van der Waals surface area contributed by atoms with E-state index in [2.05, 4.69) is 29.8 Å². The van der Waals surface area contributed by atoms with Gasteiger partial charge in [0, 0.05) is 22.0 Å². The summed E-state index contributed by atoms with van der Waals surface area (Å²) >= 11 is 1.68. The highest BCUT2D eigenvalue weighted by molar-refractivity contribution is 7.09. The Morgan fingerprint density at radius 2 is 1.90 bits per heavy atom. The molecule has 2 aromatic heterocycles. The zero-order chi connectivity index (χ0) is 21.0. The van der Waals surface area contributed by atoms with E-state index in [4.69, 9.17) is 4.74 Å². The summed E-state index contributed by atoms with van der Waals surface area (Å²) in [6, 6.07) is 13.5. The maximum atomic E-state index is 12.6. The minimum absolute atomic E-state index is 0.280. The van der Waals surface area contributed by atoms with Gasteiger partial charge in [0.1, 0.15) is 0 Å². The van der Waals surface area contributed by atoms with Crippen LogP contribution in [0.15, 0.2) is 47.8 Å². The molecule has 6 heteroatoms. The van der Waals surface area contributed by atoms with Crippen LogP contribution in [0.5, 0.6) is 0 Å². The van der Waals surface area contributed by atoms with Gasteiger partial charge in [-0.1, -0.05) is 38.1 Å². The first-order valence-electron chi connectivity index (χ1n) is 9.61. The summed E-state index contributed by atoms with van der Waals surface area (Å²) in [5.41, 5.74) is 4.11. The predicted octanol–water partition coefficient (Wildman–Crippen LogP) is 5.13. The molecule has 0 aliphatic heterocycles. The van der Waals surface area contributed by atoms with E-state index < -0.39 is 5.97 Å². The SMILES string of the molecule is Cc1cc(C(=O)OCC(=O)Nc2ccccc2C(C)C)c(C)n1Cc1cccs1. The number of carbonyl (C=O) groups excluding carboxylic acids is 2. The van der Waals surface area contributed by atoms with E-state index in [0.29, 0.717) is 5.56 Å². The average Bonchev–Trinajstić information content (AvgIpc) is 3.30. The molecule has 1 aromatic carbocycles. The van der Waals surface area contributed by atoms with Gasteiger partial charge in [-0.25, -0.2) is 4.79 Å². The van der Waals surface area contributed by atoms with E-state index in [1.165, 1.54) is 4.88 Å². The van der Waals surface area contributed by atoms with Gasteiger partial charge in [0.05, 0.1) is 12.1 Å². The number of aromatic nitrogens is 1. The van der Waals surface area contributed by atoms with Gasteiger partial charge in [-0.3, -0.25) is 4.79 Å². The smallest absolute Gasteiger partial charge is 0.340 e. The van der Waals surface area contributed by atoms with Crippen molar-refractivity contribution in [1.29, 1.82) is 0 Å². The van der Waals surface area contributed by atoms with Crippen molar-refractivity contribution >= 4 is 28.9 Å². The van der Waals surface area contributed by atoms with Crippen LogP contribution in [0.2, 0.25) is 0 Å². The van der Waals surface area contributed by atoms with Crippen LogP contribution < -0.4 is 5.32 Å². The van der Waals surface area contributed by atoms with Gasteiger partial charge >= 0.3 is 5.97 Å². The fraction of sp³-hybridized carbons (Fsp3) is 0.304. The Kier molecular flexibility index (Phi) is 6.54. The second kappa shape index (κ2) is 9.09. The molecule has 3 rings (SSSR count). The number of nitrogens with one attached hydrogen (secondary N) is 1. The molecule has 0 saturated heterocycles. The second-order valence-corrected chi connectivity index (χ2v) is 8.35. The Labute approximate surface area is 175 Å². The monoisotopic (exact) mass is 410 g/mol. The van der Waals surface area contributed by atoms with Crippen molar-refractivity contribution in [2.45, 2.75) is 40.2 Å². The topological polar surface area (TPSA) is 60.3 Å². The normalized spacial score (nSPS) is 10.9. The fourth-order valence-corrected chi connectivity index (χ4v) is 4.01. The number of amides is 1. The number of anilines is 1. The molecule has 1 N–H and O–H groups in total. The molecule has 152 valence electrons. The van der Waals surface area contributed by atoms with Crippen molar-refractivity contribution < 1.29 is 14.3 Å². The lowest BCUT2D eigenvalue weighted by Crippen LogP contribution is -2.22. The van der Waals surface area contributed by atoms with Gasteiger partial charge in [0.15, 0.2) is 6.61 Å². The first kappa shape index (κ1) is 20.9. The summed E-state index contributed by atoms with van der Waals surface area (Å²) in [4.78, 5) is 26.1. The highest BCUT2D eigenvalue weighted by Crippen LogP contribution is 2.24. The maximum Gasteiger partial charge on any atom is 0.340 e. The number of rotatable bonds is 7. The summed E-state index contributed by atoms with van der Waals surface area (Å²) in [5.74, 6) is -0.551. The number of nitrogens with zero attached hydrogens (tertiary/aromatic N) is 1. The van der Waals surface area contributed by atoms with Crippen LogP contribution in [0.3, 0.4) is 0 Å². The van der Waals surface area contributed by atoms with Gasteiger partial charge < -0.3 is 14.6 Å². The van der Waals surface area contributed by atoms with Crippen molar-refractivity contribution in [2.75, 3.05) is 11.9 Å². The Morgan fingerprint density at radius 1 is 1.14 bits per heavy atom. The number of carbonyl (C=O) groups is 2. The first-order chi connectivity index (χ1) is 13.9. The third-order valence-electron chi connectivity index (χ3n) is 4.88. The molecule has 0 fully saturated rings. The van der Waals surface area contributed by atoms with E-state index in [1.807, 2.05) is 55.6 Å². The number of benzene rings is 1. The van der Waals surface area contributed by atoms with Gasteiger partial charge in [-0.15, -0.1) is 11.3 Å². The van der Waals surface area contributed by atoms with Gasteiger partial charge in [0.2, 0.25) is 0 Å². The summed E-state index contributed by atoms with van der Waals surface area (Å²) in [5, 5.41) is 4.88. The fourth-order valence-electron chi connectivity index (χ4n) is 3.32. The predicted molar refractivity (Wildman–Crippen MR) is 117 cm³/mol. The first-order valence-corrected chi connectivity index (χ1v) is 10.5. The van der Waals surface area contributed by atoms with E-state index in [-0.39, 0.29) is 18.4 Å². The zero-order valence-electron chi connectivity index (χ0n) is 17.2. The summed E-state index contributed by atoms with van der Waals surface area (Å²) in [6.45, 7) is 8.39. The quantitative estimate of drug-likeness (QED) is 0.549. The van der Waals surface area contributed by atoms with Gasteiger partial charge in [0.25, 0.3) is 5.91 Å². The number of hydrogen-bond acceptors (Lipinski definition) is 4. The number of ether oxygens (including phenoxy) is 1. The summed E-state index contributed by atoms with van der Waals surface area (Å²) in [6.07, 6.45) is 0. The van der Waals surface area contributed by atoms with Crippen molar-refractivity contribution in [3.8, 4) is 0 Å². The van der Waals surface area contributed by atoms with Crippen LogP contribution in [-0.2, 0) is 16.1 Å². The molecule has 5 nitrogen and oxygen atoms in total. The highest BCUT2D eigenvalue weighted by atomic mass is 32.1. The third kappa shape index (κ3) is 4.95. The lowest BCUT2D eigenvalue weighted by atomic mass is 10.0. The minimum atomic E-state index is -0.483. The van der Waals surface area contributed by atoms with Crippen molar-refractivity contribution in [3.05, 3.63) is 75.2 Å². The number of hydrogen-bond donors (Lipinski definition) is 1. The lowest BCUT2D eigenvalue weighted by Gasteiger charge is -2.13. The van der Waals surface area contributed by atoms with E-state index in [1.54, 1.807) is 11.3 Å². The Hall–Kier alpha value is -2.86. The molecule has 0 saturated carbocycles. The molecule has 2 heterocycles. The largest absolute Gasteiger partial charge is 0.452 e. The third-order valence-corrected chi connectivity index (χ3v) is 5.74. The van der Waals surface area contributed by atoms with Crippen LogP contribution in [-0.4, -0.2) is 23.1 Å². The van der Waals surface area contributed by atoms with Crippen LogP contribution in [0.1, 0.15) is 52.0 Å². The molecule has 0 radical (unpaired) electrons. The molecular weight excluding hydrogens is 384 g/mol. The lowest BCUT2D eigenvalue weighted by molar-refractivity contribution is -0.119. The molecule has 0 unspecified atom stereocenters. The Balaban J connectivity index is 1.63. The molecule has 0 aliphatic carbocycles. The minimum Gasteiger partial charge on any atom is -0.452 e. The van der Waals surface area contributed by atoms with Crippen molar-refractivity contribution in [2.24, 2.45) is 0 Å². The molecule has 0 aliphatic rings. The van der Waals surface area contributed by atoms with Crippen molar-refractivity contribution in [3.63, 3.8) is 0 Å². The van der Waals surface area contributed by atoms with Gasteiger partial charge in [-0.2, -0.15) is 0 Å². The van der Waals surface area contributed by atoms with Gasteiger partial charge in [-0.05, 0) is 48.9 Å². The molecule has 0 bridgehead atoms. The molecule has 1 amide bonds. The number of thiophene rings is 1. The molecule has 29 heavy (non-hydrogen) atoms. The van der Waals surface area contributed by atoms with Crippen LogP contribution >= 0.6 is 11.3 Å². The van der Waals surface area contributed by atoms with Crippen LogP contribution in [0, 0.1) is 13.8 Å². The molecule has 3 aromatic rings. The maximum absolute atomic E-state index is 12.6. The zero-order valence-corrected chi connectivity index (χ0v) is 18.0. The summed E-state index contributed by atoms with van der Waals surface area (Å²) < 4.78 is 7.37. The number of para-hydroxylation sites is 1. The molecule has 0 spiro atoms. The number of esters is 1. The van der Waals surface area contributed by atoms with Crippen LogP contribution in [0.25, 0.3) is 0 Å². The van der Waals surface area contributed by atoms with E-state index in [0.717, 1.165) is 29.2 Å². The van der Waals surface area contributed by atoms with E-state index >= 15 is 0 Å². The number of aryl methyl sites for hydroxylation is 1. The highest BCUT2D eigenvalue weighted by Gasteiger charge is 2.19. The molecular formula is C23H26N2O3S. The standard InChI is InChI=1S/C23H26N2O3S/c1-15(2)19-9-5-6-10-21(19)24-22(26)14-28-23(27)20-12-16(3)25(17(20)4)13-18-8-7-11-29-18/h5-12,15H,13-14H2,1-4H3,(H,24,26). The Bertz CT molecular complexity index is 1000. The van der Waals surface area contributed by atoms with Crippen molar-refractivity contribution in [1.82, 2.24) is 4.57 Å². The Morgan fingerprint density at radius 3 is 2.59 bits per heavy atom. The van der Waals surface area contributed by atoms with E-state index in [9.17, 15) is 9.59 Å².